The normalized spacial score (nSPS) is 21.9. The Morgan fingerprint density at radius 1 is 1.00 bits per heavy atom. The van der Waals surface area contributed by atoms with Crippen LogP contribution in [0, 0.1) is 5.92 Å². The predicted octanol–water partition coefficient (Wildman–Crippen LogP) is 4.46. The predicted molar refractivity (Wildman–Crippen MR) is 143 cm³/mol. The number of carbonyl (C=O) groups is 1. The van der Waals surface area contributed by atoms with Gasteiger partial charge in [0.25, 0.3) is 0 Å². The molecule has 3 atom stereocenters. The third-order valence-electron chi connectivity index (χ3n) is 6.90. The summed E-state index contributed by atoms with van der Waals surface area (Å²) < 4.78 is 41.0. The van der Waals surface area contributed by atoms with Gasteiger partial charge in [0.2, 0.25) is 10.0 Å². The van der Waals surface area contributed by atoms with Gasteiger partial charge in [0.1, 0.15) is 11.4 Å². The van der Waals surface area contributed by atoms with Crippen molar-refractivity contribution in [2.75, 3.05) is 27.7 Å². The molecule has 0 heterocycles. The number of nitrogens with one attached hydrogen (secondary N) is 1. The Morgan fingerprint density at radius 3 is 2.32 bits per heavy atom. The van der Waals surface area contributed by atoms with Gasteiger partial charge in [0.05, 0.1) is 17.6 Å². The minimum atomic E-state index is -3.68. The molecule has 0 amide bonds. The van der Waals surface area contributed by atoms with Crippen LogP contribution in [0.2, 0.25) is 0 Å². The number of sulfonamides is 1. The van der Waals surface area contributed by atoms with Crippen LogP contribution in [0.25, 0.3) is 0 Å². The Balaban J connectivity index is 1.70. The van der Waals surface area contributed by atoms with Crippen molar-refractivity contribution in [1.29, 1.82) is 0 Å². The first-order valence-electron chi connectivity index (χ1n) is 12.4. The lowest BCUT2D eigenvalue weighted by Gasteiger charge is -2.47. The molecule has 37 heavy (non-hydrogen) atoms. The van der Waals surface area contributed by atoms with Gasteiger partial charge in [-0.25, -0.2) is 17.9 Å². The van der Waals surface area contributed by atoms with Crippen LogP contribution >= 0.6 is 0 Å². The number of rotatable bonds is 9. The van der Waals surface area contributed by atoms with Gasteiger partial charge in [-0.2, -0.15) is 0 Å². The average Bonchev–Trinajstić information content (AvgIpc) is 2.90. The summed E-state index contributed by atoms with van der Waals surface area (Å²) in [7, 11) is 1.85. The molecule has 8 heteroatoms. The monoisotopic (exact) mass is 522 g/mol. The van der Waals surface area contributed by atoms with Crippen molar-refractivity contribution in [3.05, 3.63) is 96.1 Å². The standard InChI is InChI=1S/C29H34N2O5S/c1-31(2)21-24-19-25(30-37(33,34)27-15-8-5-9-16-27)17-18-29(24,23-13-10-14-26(20-23)35-3)36-28(32)22-11-6-4-7-12-22/h4-16,20,24-25,30H,17-19,21H2,1-3H3. The van der Waals surface area contributed by atoms with Crippen LogP contribution < -0.4 is 9.46 Å². The van der Waals surface area contributed by atoms with Crippen molar-refractivity contribution in [1.82, 2.24) is 9.62 Å². The van der Waals surface area contributed by atoms with Crippen LogP contribution in [0.3, 0.4) is 0 Å². The third-order valence-corrected chi connectivity index (χ3v) is 8.43. The minimum absolute atomic E-state index is 0.181. The van der Waals surface area contributed by atoms with Crippen molar-refractivity contribution < 1.29 is 22.7 Å². The molecule has 3 unspecified atom stereocenters. The van der Waals surface area contributed by atoms with Crippen LogP contribution in [-0.4, -0.2) is 53.1 Å². The molecule has 0 aromatic heterocycles. The summed E-state index contributed by atoms with van der Waals surface area (Å²) >= 11 is 0. The zero-order chi connectivity index (χ0) is 26.5. The van der Waals surface area contributed by atoms with Crippen molar-refractivity contribution in [2.24, 2.45) is 5.92 Å². The fourth-order valence-electron chi connectivity index (χ4n) is 5.16. The number of hydrogen-bond donors (Lipinski definition) is 1. The molecule has 1 aliphatic rings. The second kappa shape index (κ2) is 11.5. The second-order valence-electron chi connectivity index (χ2n) is 9.74. The van der Waals surface area contributed by atoms with E-state index in [1.807, 2.05) is 49.3 Å². The zero-order valence-corrected chi connectivity index (χ0v) is 22.3. The summed E-state index contributed by atoms with van der Waals surface area (Å²) in [5.74, 6) is 0.0816. The number of benzene rings is 3. The van der Waals surface area contributed by atoms with Gasteiger partial charge < -0.3 is 14.4 Å². The first-order chi connectivity index (χ1) is 17.7. The SMILES string of the molecule is COc1cccc(C2(OC(=O)c3ccccc3)CCC(NS(=O)(=O)c3ccccc3)CC2CN(C)C)c1. The van der Waals surface area contributed by atoms with E-state index in [9.17, 15) is 13.2 Å². The summed E-state index contributed by atoms with van der Waals surface area (Å²) in [5, 5.41) is 0. The number of carbonyl (C=O) groups excluding carboxylic acids is 1. The van der Waals surface area contributed by atoms with E-state index in [2.05, 4.69) is 4.72 Å². The number of esters is 1. The number of hydrogen-bond acceptors (Lipinski definition) is 6. The van der Waals surface area contributed by atoms with Crippen LogP contribution in [0.15, 0.2) is 89.8 Å². The molecule has 1 saturated carbocycles. The molecule has 0 aliphatic heterocycles. The molecule has 3 aromatic carbocycles. The van der Waals surface area contributed by atoms with Crippen LogP contribution in [0.1, 0.15) is 35.2 Å². The van der Waals surface area contributed by atoms with E-state index in [0.717, 1.165) is 5.56 Å². The highest BCUT2D eigenvalue weighted by molar-refractivity contribution is 7.89. The van der Waals surface area contributed by atoms with E-state index >= 15 is 0 Å². The van der Waals surface area contributed by atoms with Gasteiger partial charge in [-0.15, -0.1) is 0 Å². The van der Waals surface area contributed by atoms with E-state index in [0.29, 0.717) is 37.1 Å². The van der Waals surface area contributed by atoms with E-state index in [1.54, 1.807) is 61.7 Å². The number of nitrogens with zero attached hydrogens (tertiary/aromatic N) is 1. The van der Waals surface area contributed by atoms with Crippen LogP contribution in [0.4, 0.5) is 0 Å². The lowest BCUT2D eigenvalue weighted by Crippen LogP contribution is -2.52. The van der Waals surface area contributed by atoms with Gasteiger partial charge in [0.15, 0.2) is 0 Å². The maximum absolute atomic E-state index is 13.4. The van der Waals surface area contributed by atoms with E-state index < -0.39 is 21.6 Å². The number of methoxy groups -OCH3 is 1. The zero-order valence-electron chi connectivity index (χ0n) is 21.5. The van der Waals surface area contributed by atoms with Gasteiger partial charge in [-0.05, 0) is 75.3 Å². The Bertz CT molecular complexity index is 1300. The third kappa shape index (κ3) is 6.21. The first-order valence-corrected chi connectivity index (χ1v) is 13.9. The molecule has 0 saturated heterocycles. The van der Waals surface area contributed by atoms with Crippen molar-refractivity contribution in [3.63, 3.8) is 0 Å². The van der Waals surface area contributed by atoms with E-state index in [4.69, 9.17) is 9.47 Å². The Labute approximate surface area is 219 Å². The lowest BCUT2D eigenvalue weighted by atomic mass is 9.69. The fraction of sp³-hybridized carbons (Fsp3) is 0.345. The van der Waals surface area contributed by atoms with Gasteiger partial charge in [-0.1, -0.05) is 48.5 Å². The van der Waals surface area contributed by atoms with Crippen molar-refractivity contribution in [3.8, 4) is 5.75 Å². The van der Waals surface area contributed by atoms with Crippen LogP contribution in [0.5, 0.6) is 5.75 Å². The molecule has 3 aromatic rings. The van der Waals surface area contributed by atoms with Crippen LogP contribution in [-0.2, 0) is 20.4 Å². The second-order valence-corrected chi connectivity index (χ2v) is 11.5. The Morgan fingerprint density at radius 2 is 1.68 bits per heavy atom. The molecule has 196 valence electrons. The summed E-state index contributed by atoms with van der Waals surface area (Å²) in [5.41, 5.74) is 0.355. The molecule has 0 radical (unpaired) electrons. The van der Waals surface area contributed by atoms with E-state index in [1.165, 1.54) is 0 Å². The summed E-state index contributed by atoms with van der Waals surface area (Å²) in [4.78, 5) is 15.7. The van der Waals surface area contributed by atoms with Crippen molar-refractivity contribution in [2.45, 2.75) is 35.8 Å². The molecule has 1 N–H and O–H groups in total. The molecule has 7 nitrogen and oxygen atoms in total. The van der Waals surface area contributed by atoms with Crippen molar-refractivity contribution >= 4 is 16.0 Å². The molecule has 1 fully saturated rings. The Hall–Kier alpha value is -3.20. The lowest BCUT2D eigenvalue weighted by molar-refractivity contribution is -0.0866. The largest absolute Gasteiger partial charge is 0.497 e. The smallest absolute Gasteiger partial charge is 0.339 e. The molecular weight excluding hydrogens is 488 g/mol. The maximum Gasteiger partial charge on any atom is 0.339 e. The highest BCUT2D eigenvalue weighted by Crippen LogP contribution is 2.46. The molecule has 0 spiro atoms. The average molecular weight is 523 g/mol. The van der Waals surface area contributed by atoms with E-state index in [-0.39, 0.29) is 16.9 Å². The number of ether oxygens (including phenoxy) is 2. The Kier molecular flexibility index (Phi) is 8.32. The topological polar surface area (TPSA) is 84.9 Å². The highest BCUT2D eigenvalue weighted by Gasteiger charge is 2.49. The maximum atomic E-state index is 13.4. The fourth-order valence-corrected chi connectivity index (χ4v) is 6.46. The summed E-state index contributed by atoms with van der Waals surface area (Å²) in [6.45, 7) is 0.600. The van der Waals surface area contributed by atoms with Gasteiger partial charge in [0, 0.05) is 18.5 Å². The molecule has 4 rings (SSSR count). The first kappa shape index (κ1) is 26.9. The minimum Gasteiger partial charge on any atom is -0.497 e. The van der Waals surface area contributed by atoms with Gasteiger partial charge in [-0.3, -0.25) is 0 Å². The molecule has 1 aliphatic carbocycles. The quantitative estimate of drug-likeness (QED) is 0.418. The molecular formula is C29H34N2O5S. The highest BCUT2D eigenvalue weighted by atomic mass is 32.2. The summed E-state index contributed by atoms with van der Waals surface area (Å²) in [6.07, 6.45) is 1.47. The van der Waals surface area contributed by atoms with Gasteiger partial charge >= 0.3 is 5.97 Å². The molecule has 0 bridgehead atoms. The summed E-state index contributed by atoms with van der Waals surface area (Å²) in [6, 6.07) is 24.6.